The first kappa shape index (κ1) is 25.1. The smallest absolute Gasteiger partial charge is 0.310 e. The first-order valence-corrected chi connectivity index (χ1v) is 11.8. The van der Waals surface area contributed by atoms with E-state index >= 15 is 0 Å². The molecule has 186 valence electrons. The zero-order valence-corrected chi connectivity index (χ0v) is 19.2. The standard InChI is InChI=1S/C21H22F5N3O4S/c1-4-33-19-7-13-10-29(20(27)16(13)9-17(19)21(31)28-2)11-18(30)12-5-14(32-3)8-15(6-12)34(22,23,24,25)26/h5-10H,4,11,27H2,1-3H3,(H,28,31). The van der Waals surface area contributed by atoms with Gasteiger partial charge >= 0.3 is 10.2 Å². The highest BCUT2D eigenvalue weighted by Gasteiger charge is 2.65. The Labute approximate surface area is 191 Å². The number of methoxy groups -OCH3 is 1. The molecule has 3 N–H and O–H groups in total. The molecule has 0 radical (unpaired) electrons. The Hall–Kier alpha value is -3.48. The predicted octanol–water partition coefficient (Wildman–Crippen LogP) is 5.53. The fourth-order valence-electron chi connectivity index (χ4n) is 3.35. The molecule has 1 amide bonds. The van der Waals surface area contributed by atoms with Gasteiger partial charge in [0.25, 0.3) is 5.91 Å². The fourth-order valence-corrected chi connectivity index (χ4v) is 4.04. The van der Waals surface area contributed by atoms with Crippen molar-refractivity contribution in [3.63, 3.8) is 0 Å². The van der Waals surface area contributed by atoms with E-state index in [1.54, 1.807) is 13.0 Å². The normalized spacial score (nSPS) is 13.8. The van der Waals surface area contributed by atoms with Gasteiger partial charge in [-0.1, -0.05) is 19.4 Å². The molecule has 0 unspecified atom stereocenters. The quantitative estimate of drug-likeness (QED) is 0.309. The summed E-state index contributed by atoms with van der Waals surface area (Å²) < 4.78 is 78.1. The third-order valence-corrected chi connectivity index (χ3v) is 6.13. The second-order valence-corrected chi connectivity index (χ2v) is 9.79. The second-order valence-electron chi connectivity index (χ2n) is 7.38. The van der Waals surface area contributed by atoms with Gasteiger partial charge in [-0.2, -0.15) is 0 Å². The summed E-state index contributed by atoms with van der Waals surface area (Å²) in [5.74, 6) is -1.58. The molecule has 3 rings (SSSR count). The van der Waals surface area contributed by atoms with E-state index in [2.05, 4.69) is 10.1 Å². The Morgan fingerprint density at radius 2 is 1.76 bits per heavy atom. The van der Waals surface area contributed by atoms with Crippen molar-refractivity contribution in [2.75, 3.05) is 26.5 Å². The van der Waals surface area contributed by atoms with E-state index in [0.717, 1.165) is 13.2 Å². The van der Waals surface area contributed by atoms with Crippen molar-refractivity contribution in [3.05, 3.63) is 47.7 Å². The summed E-state index contributed by atoms with van der Waals surface area (Å²) in [6.07, 6.45) is 1.45. The highest BCUT2D eigenvalue weighted by molar-refractivity contribution is 8.45. The number of hydrogen-bond donors (Lipinski definition) is 2. The van der Waals surface area contributed by atoms with Gasteiger partial charge in [-0.05, 0) is 31.2 Å². The summed E-state index contributed by atoms with van der Waals surface area (Å²) in [6.45, 7) is 1.45. The molecule has 0 aliphatic rings. The van der Waals surface area contributed by atoms with Crippen molar-refractivity contribution in [2.45, 2.75) is 18.4 Å². The lowest BCUT2D eigenvalue weighted by molar-refractivity contribution is 0.0955. The van der Waals surface area contributed by atoms with Gasteiger partial charge in [0.2, 0.25) is 0 Å². The number of anilines is 1. The summed E-state index contributed by atoms with van der Waals surface area (Å²) in [5.41, 5.74) is 5.69. The van der Waals surface area contributed by atoms with Crippen LogP contribution in [0.2, 0.25) is 0 Å². The molecule has 0 aliphatic carbocycles. The lowest BCUT2D eigenvalue weighted by Crippen LogP contribution is -2.19. The van der Waals surface area contributed by atoms with Gasteiger partial charge < -0.3 is 25.1 Å². The highest BCUT2D eigenvalue weighted by atomic mass is 32.5. The average Bonchev–Trinajstić information content (AvgIpc) is 3.05. The number of fused-ring (bicyclic) bond motifs is 1. The molecule has 0 bridgehead atoms. The molecule has 7 nitrogen and oxygen atoms in total. The molecule has 34 heavy (non-hydrogen) atoms. The van der Waals surface area contributed by atoms with E-state index in [9.17, 15) is 29.0 Å². The van der Waals surface area contributed by atoms with Crippen LogP contribution in [0.4, 0.5) is 25.2 Å². The maximum atomic E-state index is 13.3. The minimum atomic E-state index is -10.1. The number of nitrogen functional groups attached to an aromatic ring is 1. The van der Waals surface area contributed by atoms with Crippen LogP contribution in [0.15, 0.2) is 41.4 Å². The molecule has 2 aromatic carbocycles. The van der Waals surface area contributed by atoms with Crippen molar-refractivity contribution in [1.29, 1.82) is 0 Å². The van der Waals surface area contributed by atoms with Gasteiger partial charge in [0.05, 0.1) is 25.8 Å². The number of ether oxygens (including phenoxy) is 2. The lowest BCUT2D eigenvalue weighted by Gasteiger charge is -2.40. The van der Waals surface area contributed by atoms with E-state index in [0.29, 0.717) is 10.8 Å². The number of nitrogens with two attached hydrogens (primary N) is 1. The van der Waals surface area contributed by atoms with Gasteiger partial charge in [-0.25, -0.2) is 0 Å². The van der Waals surface area contributed by atoms with Crippen molar-refractivity contribution < 1.29 is 38.5 Å². The number of ketones is 1. The molecule has 1 heterocycles. The number of carbonyl (C=O) groups is 2. The molecule has 0 aliphatic heterocycles. The van der Waals surface area contributed by atoms with Crippen molar-refractivity contribution in [1.82, 2.24) is 9.88 Å². The van der Waals surface area contributed by atoms with Crippen LogP contribution in [0.1, 0.15) is 27.6 Å². The summed E-state index contributed by atoms with van der Waals surface area (Å²) >= 11 is 0. The minimum Gasteiger partial charge on any atom is -0.497 e. The van der Waals surface area contributed by atoms with E-state index in [4.69, 9.17) is 10.5 Å². The van der Waals surface area contributed by atoms with E-state index in [1.165, 1.54) is 23.9 Å². The molecule has 0 saturated carbocycles. The van der Waals surface area contributed by atoms with Gasteiger partial charge in [0.1, 0.15) is 22.2 Å². The van der Waals surface area contributed by atoms with Gasteiger partial charge in [-0.3, -0.25) is 9.59 Å². The number of carbonyl (C=O) groups excluding carboxylic acids is 2. The van der Waals surface area contributed by atoms with Gasteiger partial charge in [-0.15, -0.1) is 0 Å². The third kappa shape index (κ3) is 5.03. The highest BCUT2D eigenvalue weighted by Crippen LogP contribution is 3.02. The first-order valence-electron chi connectivity index (χ1n) is 9.81. The lowest BCUT2D eigenvalue weighted by atomic mass is 10.1. The van der Waals surface area contributed by atoms with E-state index < -0.39 is 44.7 Å². The van der Waals surface area contributed by atoms with Gasteiger partial charge in [0, 0.05) is 35.6 Å². The van der Waals surface area contributed by atoms with Crippen LogP contribution in [-0.4, -0.2) is 37.0 Å². The van der Waals surface area contributed by atoms with Crippen LogP contribution >= 0.6 is 10.2 Å². The molecule has 13 heteroatoms. The second kappa shape index (κ2) is 7.79. The maximum absolute atomic E-state index is 13.3. The molecule has 3 aromatic rings. The first-order chi connectivity index (χ1) is 15.6. The number of Topliss-reactive ketones (excluding diaryl/α,β-unsaturated/α-hetero) is 1. The molecular weight excluding hydrogens is 485 g/mol. The van der Waals surface area contributed by atoms with Crippen LogP contribution in [0, 0.1) is 0 Å². The molecule has 0 saturated heterocycles. The van der Waals surface area contributed by atoms with Crippen LogP contribution in [-0.2, 0) is 6.54 Å². The topological polar surface area (TPSA) is 95.6 Å². The molecule has 1 aromatic heterocycles. The zero-order valence-electron chi connectivity index (χ0n) is 18.3. The monoisotopic (exact) mass is 507 g/mol. The van der Waals surface area contributed by atoms with Crippen LogP contribution in [0.25, 0.3) is 10.8 Å². The van der Waals surface area contributed by atoms with Crippen molar-refractivity contribution >= 4 is 38.5 Å². The summed E-state index contributed by atoms with van der Waals surface area (Å²) in [7, 11) is -7.63. The molecule has 0 spiro atoms. The van der Waals surface area contributed by atoms with Crippen molar-refractivity contribution in [2.24, 2.45) is 0 Å². The SMILES string of the molecule is CCOc1cc2cn(CC(=O)c3cc(OC)cc(S(F)(F)(F)(F)F)c3)c(N)c2cc1C(=O)NC. The molecular formula is C21H22F5N3O4S. The number of nitrogens with zero attached hydrogens (tertiary/aromatic N) is 1. The average molecular weight is 507 g/mol. The van der Waals surface area contributed by atoms with Crippen LogP contribution < -0.4 is 20.5 Å². The van der Waals surface area contributed by atoms with E-state index in [-0.39, 0.29) is 35.9 Å². The number of benzene rings is 2. The molecule has 0 atom stereocenters. The Morgan fingerprint density at radius 1 is 1.09 bits per heavy atom. The van der Waals surface area contributed by atoms with Crippen LogP contribution in [0.5, 0.6) is 11.5 Å². The largest absolute Gasteiger partial charge is 0.497 e. The number of amides is 1. The Balaban J connectivity index is 2.06. The summed E-state index contributed by atoms with van der Waals surface area (Å²) in [6, 6.07) is 4.19. The molecule has 0 fully saturated rings. The minimum absolute atomic E-state index is 0.0485. The number of nitrogens with one attached hydrogen (secondary N) is 1. The number of halogens is 5. The maximum Gasteiger partial charge on any atom is 0.310 e. The predicted molar refractivity (Wildman–Crippen MR) is 120 cm³/mol. The van der Waals surface area contributed by atoms with Crippen molar-refractivity contribution in [3.8, 4) is 11.5 Å². The van der Waals surface area contributed by atoms with E-state index in [1.807, 2.05) is 0 Å². The third-order valence-electron chi connectivity index (χ3n) is 5.00. The Bertz CT molecular complexity index is 1310. The fraction of sp³-hybridized carbons (Fsp3) is 0.238. The van der Waals surface area contributed by atoms with Crippen LogP contribution in [0.3, 0.4) is 0 Å². The summed E-state index contributed by atoms with van der Waals surface area (Å²) in [4.78, 5) is 22.7. The number of aromatic nitrogens is 1. The Morgan fingerprint density at radius 3 is 2.32 bits per heavy atom. The number of rotatable bonds is 8. The zero-order chi connectivity index (χ0) is 25.5. The Kier molecular flexibility index (Phi) is 5.76. The summed E-state index contributed by atoms with van der Waals surface area (Å²) in [5, 5.41) is 3.37. The number of hydrogen-bond acceptors (Lipinski definition) is 5. The van der Waals surface area contributed by atoms with Gasteiger partial charge in [0.15, 0.2) is 5.78 Å².